The monoisotopic (exact) mass is 392 g/mol. The van der Waals surface area contributed by atoms with Crippen LogP contribution in [0.4, 0.5) is 0 Å². The lowest BCUT2D eigenvalue weighted by Crippen LogP contribution is -2.06. The second-order valence-corrected chi connectivity index (χ2v) is 6.00. The Morgan fingerprint density at radius 3 is 2.52 bits per heavy atom. The number of benzene rings is 1. The summed E-state index contributed by atoms with van der Waals surface area (Å²) < 4.78 is 26.5. The number of hydrogen-bond acceptors (Lipinski definition) is 8. The molecule has 0 fully saturated rings. The molecular formula is C18H17ClN2O6. The highest BCUT2D eigenvalue weighted by molar-refractivity contribution is 6.32. The zero-order valence-corrected chi connectivity index (χ0v) is 15.9. The summed E-state index contributed by atoms with van der Waals surface area (Å²) in [6.45, 7) is 3.44. The van der Waals surface area contributed by atoms with Gasteiger partial charge in [-0.05, 0) is 32.0 Å². The molecule has 3 aromatic rings. The van der Waals surface area contributed by atoms with Crippen LogP contribution in [0.5, 0.6) is 11.5 Å². The average molecular weight is 393 g/mol. The van der Waals surface area contributed by atoms with Crippen LogP contribution in [0.15, 0.2) is 27.0 Å². The Hall–Kier alpha value is -3.00. The molecule has 0 saturated carbocycles. The van der Waals surface area contributed by atoms with Crippen molar-refractivity contribution in [2.24, 2.45) is 0 Å². The third-order valence-electron chi connectivity index (χ3n) is 3.73. The summed E-state index contributed by atoms with van der Waals surface area (Å²) in [5, 5.41) is 8.06. The number of rotatable bonds is 6. The number of methoxy groups -OCH3 is 2. The first-order valence-corrected chi connectivity index (χ1v) is 8.29. The molecular weight excluding hydrogens is 376 g/mol. The van der Waals surface area contributed by atoms with E-state index in [9.17, 15) is 4.79 Å². The number of aryl methyl sites for hydroxylation is 2. The molecule has 9 heteroatoms. The fraction of sp³-hybridized carbons (Fsp3) is 0.278. The third kappa shape index (κ3) is 3.90. The molecule has 0 radical (unpaired) electrons. The van der Waals surface area contributed by atoms with Crippen LogP contribution < -0.4 is 9.47 Å². The van der Waals surface area contributed by atoms with Crippen molar-refractivity contribution < 1.29 is 27.8 Å². The third-order valence-corrected chi connectivity index (χ3v) is 4.01. The molecule has 0 saturated heterocycles. The van der Waals surface area contributed by atoms with Gasteiger partial charge >= 0.3 is 5.97 Å². The summed E-state index contributed by atoms with van der Waals surface area (Å²) in [6.07, 6.45) is 0. The number of halogens is 1. The summed E-state index contributed by atoms with van der Waals surface area (Å²) in [6, 6.07) is 4.70. The number of carbonyl (C=O) groups excluding carboxylic acids is 1. The van der Waals surface area contributed by atoms with Crippen molar-refractivity contribution in [2.75, 3.05) is 14.2 Å². The number of hydrogen-bond donors (Lipinski definition) is 0. The minimum absolute atomic E-state index is 0.156. The summed E-state index contributed by atoms with van der Waals surface area (Å²) in [7, 11) is 2.90. The van der Waals surface area contributed by atoms with Gasteiger partial charge in [0, 0.05) is 0 Å². The number of aromatic nitrogens is 2. The van der Waals surface area contributed by atoms with E-state index < -0.39 is 5.97 Å². The smallest absolute Gasteiger partial charge is 0.338 e. The van der Waals surface area contributed by atoms with Crippen LogP contribution in [0, 0.1) is 13.8 Å². The van der Waals surface area contributed by atoms with Gasteiger partial charge in [-0.2, -0.15) is 0 Å². The van der Waals surface area contributed by atoms with Gasteiger partial charge in [0.1, 0.15) is 11.5 Å². The van der Waals surface area contributed by atoms with E-state index in [4.69, 9.17) is 34.6 Å². The maximum absolute atomic E-state index is 12.3. The first-order chi connectivity index (χ1) is 12.9. The highest BCUT2D eigenvalue weighted by Crippen LogP contribution is 2.36. The van der Waals surface area contributed by atoms with Gasteiger partial charge in [0.05, 0.1) is 30.4 Å². The summed E-state index contributed by atoms with van der Waals surface area (Å²) in [5.41, 5.74) is 0.906. The van der Waals surface area contributed by atoms with Crippen LogP contribution in [0.25, 0.3) is 11.5 Å². The van der Waals surface area contributed by atoms with Gasteiger partial charge in [-0.25, -0.2) is 4.79 Å². The molecule has 8 nitrogen and oxygen atoms in total. The van der Waals surface area contributed by atoms with E-state index in [1.54, 1.807) is 13.0 Å². The van der Waals surface area contributed by atoms with Crippen LogP contribution in [0.1, 0.15) is 27.8 Å². The minimum Gasteiger partial charge on any atom is -0.493 e. The highest BCUT2D eigenvalue weighted by atomic mass is 35.5. The van der Waals surface area contributed by atoms with E-state index in [0.717, 1.165) is 5.76 Å². The van der Waals surface area contributed by atoms with E-state index >= 15 is 0 Å². The molecule has 0 bridgehead atoms. The standard InChI is InChI=1S/C18H17ClN2O6/c1-9-5-12(10(2)26-9)17-21-20-15(27-17)8-25-18(22)11-6-13(19)16(24-4)14(7-11)23-3/h5-7H,8H2,1-4H3. The quantitative estimate of drug-likeness (QED) is 0.581. The Morgan fingerprint density at radius 1 is 1.11 bits per heavy atom. The van der Waals surface area contributed by atoms with E-state index in [2.05, 4.69) is 10.2 Å². The van der Waals surface area contributed by atoms with E-state index in [-0.39, 0.29) is 23.1 Å². The molecule has 0 atom stereocenters. The van der Waals surface area contributed by atoms with Crippen LogP contribution in [0.2, 0.25) is 5.02 Å². The Bertz CT molecular complexity index is 978. The van der Waals surface area contributed by atoms with Crippen LogP contribution in [-0.2, 0) is 11.3 Å². The van der Waals surface area contributed by atoms with Gasteiger partial charge < -0.3 is 23.0 Å². The number of ether oxygens (including phenoxy) is 3. The van der Waals surface area contributed by atoms with Crippen molar-refractivity contribution >= 4 is 17.6 Å². The Morgan fingerprint density at radius 2 is 1.89 bits per heavy atom. The van der Waals surface area contributed by atoms with E-state index in [1.165, 1.54) is 26.4 Å². The number of esters is 1. The molecule has 3 rings (SSSR count). The van der Waals surface area contributed by atoms with Crippen LogP contribution >= 0.6 is 11.6 Å². The van der Waals surface area contributed by atoms with Gasteiger partial charge in [0.25, 0.3) is 11.8 Å². The fourth-order valence-corrected chi connectivity index (χ4v) is 2.80. The highest BCUT2D eigenvalue weighted by Gasteiger charge is 2.18. The molecule has 0 unspecified atom stereocenters. The number of nitrogens with zero attached hydrogens (tertiary/aromatic N) is 2. The second-order valence-electron chi connectivity index (χ2n) is 5.60. The predicted octanol–water partition coefficient (Wildman–Crippen LogP) is 3.97. The molecule has 0 aliphatic rings. The lowest BCUT2D eigenvalue weighted by atomic mass is 10.2. The predicted molar refractivity (Wildman–Crippen MR) is 95.1 cm³/mol. The zero-order chi connectivity index (χ0) is 19.6. The molecule has 2 heterocycles. The summed E-state index contributed by atoms with van der Waals surface area (Å²) in [5.74, 6) is 1.89. The molecule has 142 valence electrons. The number of furan rings is 1. The van der Waals surface area contributed by atoms with Gasteiger partial charge in [-0.15, -0.1) is 10.2 Å². The molecule has 0 amide bonds. The van der Waals surface area contributed by atoms with Gasteiger partial charge in [0.15, 0.2) is 18.1 Å². The van der Waals surface area contributed by atoms with Gasteiger partial charge in [0.2, 0.25) is 0 Å². The second kappa shape index (κ2) is 7.71. The molecule has 27 heavy (non-hydrogen) atoms. The van der Waals surface area contributed by atoms with Crippen molar-refractivity contribution in [3.63, 3.8) is 0 Å². The van der Waals surface area contributed by atoms with Crippen molar-refractivity contribution in [2.45, 2.75) is 20.5 Å². The maximum Gasteiger partial charge on any atom is 0.338 e. The molecule has 0 aliphatic heterocycles. The molecule has 0 N–H and O–H groups in total. The van der Waals surface area contributed by atoms with Crippen LogP contribution in [-0.4, -0.2) is 30.4 Å². The van der Waals surface area contributed by atoms with Crippen molar-refractivity contribution in [1.29, 1.82) is 0 Å². The fourth-order valence-electron chi connectivity index (χ4n) is 2.51. The SMILES string of the molecule is COc1cc(C(=O)OCc2nnc(-c3cc(C)oc3C)o2)cc(Cl)c1OC. The lowest BCUT2D eigenvalue weighted by Gasteiger charge is -2.11. The average Bonchev–Trinajstić information content (AvgIpc) is 3.24. The van der Waals surface area contributed by atoms with Gasteiger partial charge in [-0.3, -0.25) is 0 Å². The number of carbonyl (C=O) groups is 1. The van der Waals surface area contributed by atoms with E-state index in [1.807, 2.05) is 6.92 Å². The first-order valence-electron chi connectivity index (χ1n) is 7.91. The normalized spacial score (nSPS) is 10.7. The summed E-state index contributed by atoms with van der Waals surface area (Å²) >= 11 is 6.10. The molecule has 1 aromatic carbocycles. The topological polar surface area (TPSA) is 96.8 Å². The van der Waals surface area contributed by atoms with E-state index in [0.29, 0.717) is 28.7 Å². The zero-order valence-electron chi connectivity index (χ0n) is 15.2. The van der Waals surface area contributed by atoms with Crippen molar-refractivity contribution in [1.82, 2.24) is 10.2 Å². The van der Waals surface area contributed by atoms with Crippen molar-refractivity contribution in [3.05, 3.63) is 46.2 Å². The lowest BCUT2D eigenvalue weighted by molar-refractivity contribution is 0.0438. The maximum atomic E-state index is 12.3. The van der Waals surface area contributed by atoms with Crippen molar-refractivity contribution in [3.8, 4) is 23.0 Å². The summed E-state index contributed by atoms with van der Waals surface area (Å²) in [4.78, 5) is 12.3. The first kappa shape index (κ1) is 18.8. The molecule has 0 aliphatic carbocycles. The largest absolute Gasteiger partial charge is 0.493 e. The Balaban J connectivity index is 1.71. The Labute approximate surface area is 160 Å². The molecule has 0 spiro atoms. The minimum atomic E-state index is -0.618. The Kier molecular flexibility index (Phi) is 5.36. The van der Waals surface area contributed by atoms with Gasteiger partial charge in [-0.1, -0.05) is 11.6 Å². The molecule has 2 aromatic heterocycles. The van der Waals surface area contributed by atoms with Crippen LogP contribution in [0.3, 0.4) is 0 Å².